The monoisotopic (exact) mass is 850 g/mol. The van der Waals surface area contributed by atoms with Crippen LogP contribution in [0.1, 0.15) is 27.8 Å². The number of aromatic nitrogens is 3. The molecule has 5 aromatic carbocycles. The first-order valence-electron chi connectivity index (χ1n) is 17.3. The van der Waals surface area contributed by atoms with Crippen LogP contribution >= 0.6 is 0 Å². The third-order valence-electron chi connectivity index (χ3n) is 9.54. The zero-order valence-corrected chi connectivity index (χ0v) is 32.4. The molecule has 1 radical (unpaired) electrons. The van der Waals surface area contributed by atoms with Crippen molar-refractivity contribution < 1.29 is 20.1 Å². The molecule has 0 spiro atoms. The Kier molecular flexibility index (Phi) is 11.3. The smallest absolute Gasteiger partial charge is 0.0352 e. The van der Waals surface area contributed by atoms with E-state index in [-0.39, 0.29) is 20.1 Å². The van der Waals surface area contributed by atoms with Crippen LogP contribution < -0.4 is 0 Å². The van der Waals surface area contributed by atoms with Gasteiger partial charge < -0.3 is 9.97 Å². The van der Waals surface area contributed by atoms with Crippen LogP contribution in [-0.2, 0) is 20.1 Å². The van der Waals surface area contributed by atoms with Gasteiger partial charge in [0.25, 0.3) is 0 Å². The first kappa shape index (κ1) is 36.3. The van der Waals surface area contributed by atoms with Crippen molar-refractivity contribution in [2.24, 2.45) is 0 Å². The predicted molar refractivity (Wildman–Crippen MR) is 212 cm³/mol. The molecule has 52 heavy (non-hydrogen) atoms. The van der Waals surface area contributed by atoms with Gasteiger partial charge in [0, 0.05) is 50.3 Å². The van der Waals surface area contributed by atoms with E-state index in [0.29, 0.717) is 0 Å². The molecule has 0 saturated carbocycles. The van der Waals surface area contributed by atoms with Crippen molar-refractivity contribution in [3.63, 3.8) is 0 Å². The fraction of sp³-hybridized carbons (Fsp3) is 0.104. The Hall–Kier alpha value is -5.54. The van der Waals surface area contributed by atoms with Gasteiger partial charge in [0.2, 0.25) is 0 Å². The molecule has 3 heterocycles. The van der Waals surface area contributed by atoms with Gasteiger partial charge in [-0.05, 0) is 77.5 Å². The minimum Gasteiger partial charge on any atom is -0.305 e. The number of nitrogens with zero attached hydrogens (tertiary/aromatic N) is 3. The van der Waals surface area contributed by atoms with Crippen molar-refractivity contribution >= 4 is 10.8 Å². The Morgan fingerprint density at radius 2 is 1.25 bits per heavy atom. The summed E-state index contributed by atoms with van der Waals surface area (Å²) in [7, 11) is 0. The van der Waals surface area contributed by atoms with E-state index in [4.69, 9.17) is 0 Å². The third kappa shape index (κ3) is 7.70. The van der Waals surface area contributed by atoms with Crippen molar-refractivity contribution in [3.8, 4) is 55.9 Å². The molecule has 0 amide bonds. The van der Waals surface area contributed by atoms with Gasteiger partial charge in [-0.15, -0.1) is 58.7 Å². The van der Waals surface area contributed by atoms with Crippen molar-refractivity contribution in [3.05, 3.63) is 186 Å². The largest absolute Gasteiger partial charge is 0.305 e. The molecule has 8 rings (SSSR count). The number of benzene rings is 5. The molecular weight excluding hydrogens is 811 g/mol. The molecule has 0 aliphatic rings. The summed E-state index contributed by atoms with van der Waals surface area (Å²) in [6, 6.07) is 48.9. The number of fused-ring (bicyclic) bond motifs is 1. The number of pyridine rings is 3. The summed E-state index contributed by atoms with van der Waals surface area (Å²) in [6.45, 7) is 10.6. The van der Waals surface area contributed by atoms with E-state index in [9.17, 15) is 0 Å². The molecule has 0 bridgehead atoms. The Bertz CT molecular complexity index is 2450. The first-order chi connectivity index (χ1) is 24.9. The number of rotatable bonds is 5. The van der Waals surface area contributed by atoms with E-state index in [1.807, 2.05) is 55.1 Å². The van der Waals surface area contributed by atoms with Crippen LogP contribution in [0, 0.1) is 46.8 Å². The van der Waals surface area contributed by atoms with Crippen molar-refractivity contribution in [2.45, 2.75) is 34.6 Å². The van der Waals surface area contributed by atoms with Gasteiger partial charge in [-0.1, -0.05) is 121 Å². The minimum atomic E-state index is 0. The van der Waals surface area contributed by atoms with Crippen LogP contribution in [0.4, 0.5) is 0 Å². The van der Waals surface area contributed by atoms with Crippen LogP contribution in [0.5, 0.6) is 0 Å². The molecule has 0 N–H and O–H groups in total. The second-order valence-electron chi connectivity index (χ2n) is 13.0. The SMILES string of the molecule is Cc1ccc(-c2ccc(-c3cc[c-]c(-c4ccccn4)c3C)c3ccncc23)cc1.Cc1cnc(-c2[c-]cc(C)c(-c3ccccc3)c2)cc1C.[Ir]. The zero-order valence-electron chi connectivity index (χ0n) is 30.0. The number of hydrogen-bond donors (Lipinski definition) is 0. The molecule has 0 atom stereocenters. The third-order valence-corrected chi connectivity index (χ3v) is 9.54. The van der Waals surface area contributed by atoms with Gasteiger partial charge in [-0.25, -0.2) is 0 Å². The molecule has 0 saturated heterocycles. The molecule has 0 unspecified atom stereocenters. The van der Waals surface area contributed by atoms with Crippen LogP contribution in [0.15, 0.2) is 146 Å². The molecule has 8 aromatic rings. The summed E-state index contributed by atoms with van der Waals surface area (Å²) in [5.41, 5.74) is 17.4. The normalized spacial score (nSPS) is 10.6. The molecule has 4 heteroatoms. The molecule has 0 aliphatic carbocycles. The fourth-order valence-corrected chi connectivity index (χ4v) is 6.47. The van der Waals surface area contributed by atoms with Crippen LogP contribution in [-0.4, -0.2) is 15.0 Å². The van der Waals surface area contributed by atoms with Gasteiger partial charge in [0.1, 0.15) is 0 Å². The van der Waals surface area contributed by atoms with E-state index in [0.717, 1.165) is 27.9 Å². The predicted octanol–water partition coefficient (Wildman–Crippen LogP) is 12.2. The molecule has 3 nitrogen and oxygen atoms in total. The molecule has 0 fully saturated rings. The fourth-order valence-electron chi connectivity index (χ4n) is 6.47. The quantitative estimate of drug-likeness (QED) is 0.162. The van der Waals surface area contributed by atoms with E-state index >= 15 is 0 Å². The second kappa shape index (κ2) is 16.2. The number of hydrogen-bond acceptors (Lipinski definition) is 3. The summed E-state index contributed by atoms with van der Waals surface area (Å²) < 4.78 is 0. The number of aryl methyl sites for hydroxylation is 4. The Morgan fingerprint density at radius 3 is 2.00 bits per heavy atom. The van der Waals surface area contributed by atoms with Crippen LogP contribution in [0.3, 0.4) is 0 Å². The second-order valence-corrected chi connectivity index (χ2v) is 13.0. The van der Waals surface area contributed by atoms with Crippen molar-refractivity contribution in [1.29, 1.82) is 0 Å². The van der Waals surface area contributed by atoms with Gasteiger partial charge >= 0.3 is 0 Å². The Labute approximate surface area is 320 Å². The summed E-state index contributed by atoms with van der Waals surface area (Å²) in [6.07, 6.45) is 7.60. The van der Waals surface area contributed by atoms with Crippen LogP contribution in [0.25, 0.3) is 66.7 Å². The van der Waals surface area contributed by atoms with Crippen molar-refractivity contribution in [1.82, 2.24) is 15.0 Å². The summed E-state index contributed by atoms with van der Waals surface area (Å²) in [5.74, 6) is 0. The van der Waals surface area contributed by atoms with Crippen LogP contribution in [0.2, 0.25) is 0 Å². The zero-order chi connectivity index (χ0) is 35.3. The van der Waals surface area contributed by atoms with Gasteiger partial charge in [0.15, 0.2) is 0 Å². The first-order valence-corrected chi connectivity index (χ1v) is 17.3. The average molecular weight is 850 g/mol. The Balaban J connectivity index is 0.000000186. The molecule has 0 aliphatic heterocycles. The van der Waals surface area contributed by atoms with E-state index in [2.05, 4.69) is 153 Å². The van der Waals surface area contributed by atoms with E-state index in [1.54, 1.807) is 0 Å². The maximum Gasteiger partial charge on any atom is 0.0352 e. The van der Waals surface area contributed by atoms with E-state index in [1.165, 1.54) is 66.6 Å². The van der Waals surface area contributed by atoms with Gasteiger partial charge in [0.05, 0.1) is 0 Å². The van der Waals surface area contributed by atoms with E-state index < -0.39 is 0 Å². The topological polar surface area (TPSA) is 38.7 Å². The summed E-state index contributed by atoms with van der Waals surface area (Å²) in [5, 5.41) is 2.36. The summed E-state index contributed by atoms with van der Waals surface area (Å²) in [4.78, 5) is 13.5. The maximum atomic E-state index is 4.54. The molecule has 3 aromatic heterocycles. The summed E-state index contributed by atoms with van der Waals surface area (Å²) >= 11 is 0. The average Bonchev–Trinajstić information content (AvgIpc) is 3.17. The van der Waals surface area contributed by atoms with Crippen molar-refractivity contribution in [2.75, 3.05) is 0 Å². The van der Waals surface area contributed by atoms with Gasteiger partial charge in [-0.2, -0.15) is 0 Å². The minimum absolute atomic E-state index is 0. The standard InChI is InChI=1S/C28H21N2.C20H18N.Ir/c1-19-9-11-21(12-10-19)24-13-14-25(26-15-17-29-18-27(24)26)22-6-5-7-23(20(22)2)28-8-3-4-16-30-28;1-14-9-10-18(20-11-15(2)16(3)13-21-20)12-19(14)17-7-5-4-6-8-17;/h3-6,8-18H,1-2H3;4-9,11-13H,1-3H3;/q2*-1;. The molecule has 257 valence electrons. The maximum absolute atomic E-state index is 4.54. The Morgan fingerprint density at radius 1 is 0.500 bits per heavy atom. The molecular formula is C48H39IrN3-2. The van der Waals surface area contributed by atoms with Gasteiger partial charge in [-0.3, -0.25) is 4.98 Å².